The molecule has 4 heterocycles. The second-order valence-corrected chi connectivity index (χ2v) is 18.2. The molecular weight excluding hydrogens is 889 g/mol. The molecule has 17 nitrogen and oxygen atoms in total. The second kappa shape index (κ2) is 20.5. The van der Waals surface area contributed by atoms with Crippen LogP contribution in [0.2, 0.25) is 0 Å². The van der Waals surface area contributed by atoms with E-state index in [0.29, 0.717) is 74.8 Å². The van der Waals surface area contributed by atoms with Crippen molar-refractivity contribution in [2.75, 3.05) is 54.7 Å². The van der Waals surface area contributed by atoms with Crippen LogP contribution in [0, 0.1) is 22.7 Å². The number of amides is 5. The minimum atomic E-state index is -0.880. The Morgan fingerprint density at radius 3 is 1.57 bits per heavy atom. The molecule has 2 saturated carbocycles. The maximum atomic E-state index is 13.7. The van der Waals surface area contributed by atoms with Gasteiger partial charge >= 0.3 is 18.2 Å². The summed E-state index contributed by atoms with van der Waals surface area (Å²) in [6, 6.07) is 30.4. The van der Waals surface area contributed by atoms with Crippen molar-refractivity contribution < 1.29 is 62.3 Å². The Labute approximate surface area is 400 Å². The Balaban J connectivity index is 0.000000156. The standard InChI is InChI=1S/C26H28N2O6.C16H19NO5.C10H11NO2/c1-32-20-9-8-18(22(13-20)33-2)14-27-15-21(26(10-11-26)24(27)30)23(29)28-19(16-34-25(28)31)12-17-6-4-3-5-7-17;1-21-11-4-3-10(13(7-11)22-2)8-17-9-12(14(18)19)16(5-6-16)15(17)20;12-10-11-9(7-13-10)6-8-4-2-1-3-5-8/h3-9,13,19,21H,10-12,14-16H2,1-2H3;3-4,7,12H,5-6,8-9H2,1-2H3,(H,18,19);1-5,9H,6-7H2,(H,11,12)/t19-,21?;;9-/m1.1/s1. The van der Waals surface area contributed by atoms with E-state index in [-0.39, 0.29) is 55.6 Å². The van der Waals surface area contributed by atoms with Crippen molar-refractivity contribution in [3.05, 3.63) is 119 Å². The van der Waals surface area contributed by atoms with Gasteiger partial charge < -0.3 is 48.6 Å². The lowest BCUT2D eigenvalue weighted by atomic mass is 9.90. The number of carbonyl (C=O) groups is 6. The third kappa shape index (κ3) is 10.3. The first-order chi connectivity index (χ1) is 33.3. The Hall–Kier alpha value is -7.30. The van der Waals surface area contributed by atoms with Crippen molar-refractivity contribution in [1.82, 2.24) is 20.0 Å². The summed E-state index contributed by atoms with van der Waals surface area (Å²) in [5, 5.41) is 12.1. The first-order valence-electron chi connectivity index (χ1n) is 23.1. The lowest BCUT2D eigenvalue weighted by molar-refractivity contribution is -0.145. The highest BCUT2D eigenvalue weighted by Gasteiger charge is 2.66. The molecule has 0 aromatic heterocycles. The van der Waals surface area contributed by atoms with Gasteiger partial charge in [-0.25, -0.2) is 14.5 Å². The largest absolute Gasteiger partial charge is 0.497 e. The van der Waals surface area contributed by atoms with Crippen molar-refractivity contribution in [1.29, 1.82) is 0 Å². The van der Waals surface area contributed by atoms with E-state index in [1.54, 1.807) is 56.4 Å². The smallest absolute Gasteiger partial charge is 0.416 e. The zero-order valence-electron chi connectivity index (χ0n) is 39.2. The Morgan fingerprint density at radius 2 is 1.13 bits per heavy atom. The summed E-state index contributed by atoms with van der Waals surface area (Å²) in [5.41, 5.74) is 2.57. The quantitative estimate of drug-likeness (QED) is 0.152. The van der Waals surface area contributed by atoms with Crippen molar-refractivity contribution in [3.63, 3.8) is 0 Å². The minimum Gasteiger partial charge on any atom is -0.497 e. The van der Waals surface area contributed by atoms with E-state index in [1.807, 2.05) is 78.9 Å². The van der Waals surface area contributed by atoms with Crippen LogP contribution in [0.1, 0.15) is 47.9 Å². The van der Waals surface area contributed by atoms with E-state index >= 15 is 0 Å². The van der Waals surface area contributed by atoms with Crippen LogP contribution in [0.3, 0.4) is 0 Å². The molecule has 2 N–H and O–H groups in total. The van der Waals surface area contributed by atoms with E-state index in [4.69, 9.17) is 28.4 Å². The van der Waals surface area contributed by atoms with E-state index in [1.165, 1.54) is 10.5 Å². The molecular formula is C52H58N4O13. The molecule has 0 bridgehead atoms. The minimum absolute atomic E-state index is 0.0316. The molecule has 6 aliphatic rings. The topological polar surface area (TPSA) is 200 Å². The summed E-state index contributed by atoms with van der Waals surface area (Å²) in [4.78, 5) is 78.8. The average Bonchev–Trinajstić information content (AvgIpc) is 4.23. The predicted octanol–water partition coefficient (Wildman–Crippen LogP) is 5.90. The highest BCUT2D eigenvalue weighted by atomic mass is 16.6. The van der Waals surface area contributed by atoms with Crippen LogP contribution in [0.4, 0.5) is 9.59 Å². The molecule has 4 saturated heterocycles. The predicted molar refractivity (Wildman–Crippen MR) is 248 cm³/mol. The summed E-state index contributed by atoms with van der Waals surface area (Å²) in [5.74, 6) is 0.181. The number of carboxylic acids is 1. The van der Waals surface area contributed by atoms with Gasteiger partial charge in [0.2, 0.25) is 17.7 Å². The molecule has 6 fully saturated rings. The third-order valence-corrected chi connectivity index (χ3v) is 14.0. The number of hydrogen-bond donors (Lipinski definition) is 2. The molecule has 2 unspecified atom stereocenters. The number of aliphatic carboxylic acids is 1. The maximum absolute atomic E-state index is 13.7. The van der Waals surface area contributed by atoms with Gasteiger partial charge in [0.15, 0.2) is 0 Å². The molecule has 69 heavy (non-hydrogen) atoms. The number of imide groups is 1. The van der Waals surface area contributed by atoms with Crippen molar-refractivity contribution in [2.45, 2.75) is 63.7 Å². The fraction of sp³-hybridized carbons (Fsp3) is 0.423. The van der Waals surface area contributed by atoms with Gasteiger partial charge in [-0.15, -0.1) is 0 Å². The van der Waals surface area contributed by atoms with Gasteiger partial charge in [-0.2, -0.15) is 0 Å². The highest BCUT2D eigenvalue weighted by molar-refractivity contribution is 6.01. The molecule has 17 heteroatoms. The van der Waals surface area contributed by atoms with Crippen LogP contribution in [-0.4, -0.2) is 123 Å². The van der Waals surface area contributed by atoms with Gasteiger partial charge in [-0.3, -0.25) is 19.2 Å². The zero-order valence-corrected chi connectivity index (χ0v) is 39.2. The number of alkyl carbamates (subject to hydrolysis) is 1. The number of carbonyl (C=O) groups excluding carboxylic acids is 5. The zero-order chi connectivity index (χ0) is 48.9. The van der Waals surface area contributed by atoms with E-state index in [2.05, 4.69) is 5.32 Å². The molecule has 10 rings (SSSR count). The van der Waals surface area contributed by atoms with Crippen molar-refractivity contribution in [2.24, 2.45) is 22.7 Å². The number of ether oxygens (including phenoxy) is 6. The highest BCUT2D eigenvalue weighted by Crippen LogP contribution is 2.59. The van der Waals surface area contributed by atoms with Crippen molar-refractivity contribution >= 4 is 35.9 Å². The molecule has 4 atom stereocenters. The van der Waals surface area contributed by atoms with Crippen LogP contribution in [-0.2, 0) is 54.6 Å². The number of likely N-dealkylation sites (tertiary alicyclic amines) is 2. The fourth-order valence-electron chi connectivity index (χ4n) is 9.93. The summed E-state index contributed by atoms with van der Waals surface area (Å²) < 4.78 is 31.3. The van der Waals surface area contributed by atoms with Gasteiger partial charge in [0, 0.05) is 49.4 Å². The third-order valence-electron chi connectivity index (χ3n) is 14.0. The molecule has 0 radical (unpaired) electrons. The second-order valence-electron chi connectivity index (χ2n) is 18.2. The SMILES string of the molecule is COc1ccc(CN2CC(C(=O)N3C(=O)OC[C@H]3Cc3ccccc3)C3(CC3)C2=O)c(OC)c1.COc1ccc(CN2CC(C(=O)O)C3(CC3)C2=O)c(OC)c1.O=C1N[C@H](Cc2ccccc2)CO1. The fourth-order valence-corrected chi connectivity index (χ4v) is 9.93. The monoisotopic (exact) mass is 946 g/mol. The van der Waals surface area contributed by atoms with E-state index < -0.39 is 34.7 Å². The summed E-state index contributed by atoms with van der Waals surface area (Å²) in [6.45, 7) is 1.87. The average molecular weight is 947 g/mol. The van der Waals surface area contributed by atoms with Crippen LogP contribution >= 0.6 is 0 Å². The van der Waals surface area contributed by atoms with Crippen LogP contribution in [0.5, 0.6) is 23.0 Å². The summed E-state index contributed by atoms with van der Waals surface area (Å²) in [6.07, 6.45) is 3.11. The Kier molecular flexibility index (Phi) is 14.3. The number of cyclic esters (lactones) is 2. The van der Waals surface area contributed by atoms with Gasteiger partial charge in [0.05, 0.1) is 63.2 Å². The normalized spacial score (nSPS) is 22.2. The molecule has 364 valence electrons. The van der Waals surface area contributed by atoms with E-state index in [0.717, 1.165) is 23.1 Å². The Morgan fingerprint density at radius 1 is 0.638 bits per heavy atom. The van der Waals surface area contributed by atoms with Gasteiger partial charge in [-0.05, 0) is 73.9 Å². The number of nitrogens with one attached hydrogen (secondary N) is 1. The maximum Gasteiger partial charge on any atom is 0.416 e. The first kappa shape index (κ1) is 48.2. The van der Waals surface area contributed by atoms with Crippen LogP contribution < -0.4 is 24.3 Å². The summed E-state index contributed by atoms with van der Waals surface area (Å²) in [7, 11) is 6.30. The number of hydrogen-bond acceptors (Lipinski definition) is 12. The van der Waals surface area contributed by atoms with Gasteiger partial charge in [-0.1, -0.05) is 60.7 Å². The number of nitrogens with zero attached hydrogens (tertiary/aromatic N) is 3. The van der Waals surface area contributed by atoms with Gasteiger partial charge in [0.1, 0.15) is 36.2 Å². The number of rotatable bonds is 14. The molecule has 5 amide bonds. The van der Waals surface area contributed by atoms with Crippen molar-refractivity contribution in [3.8, 4) is 23.0 Å². The number of benzene rings is 4. The molecule has 2 spiro atoms. The van der Waals surface area contributed by atoms with E-state index in [9.17, 15) is 33.9 Å². The van der Waals surface area contributed by atoms with Crippen LogP contribution in [0.25, 0.3) is 0 Å². The van der Waals surface area contributed by atoms with Gasteiger partial charge in [0.25, 0.3) is 0 Å². The lowest BCUT2D eigenvalue weighted by Gasteiger charge is -2.24. The molecule has 2 aliphatic carbocycles. The number of methoxy groups -OCH3 is 4. The molecule has 4 aliphatic heterocycles. The Bertz CT molecular complexity index is 2550. The molecule has 4 aromatic carbocycles. The lowest BCUT2D eigenvalue weighted by Crippen LogP contribution is -2.46. The summed E-state index contributed by atoms with van der Waals surface area (Å²) >= 11 is 0. The number of carboxylic acid groups (broad SMARTS) is 1. The molecule has 4 aromatic rings. The van der Waals surface area contributed by atoms with Crippen LogP contribution in [0.15, 0.2) is 97.1 Å². The first-order valence-corrected chi connectivity index (χ1v) is 23.1.